The molecule has 27 heavy (non-hydrogen) atoms. The van der Waals surface area contributed by atoms with Crippen molar-refractivity contribution in [3.05, 3.63) is 95.6 Å². The van der Waals surface area contributed by atoms with Crippen LogP contribution in [0.1, 0.15) is 29.7 Å². The maximum Gasteiger partial charge on any atom is 0.171 e. The Morgan fingerprint density at radius 1 is 0.926 bits per heavy atom. The smallest absolute Gasteiger partial charge is 0.171 e. The largest absolute Gasteiger partial charge is 0.494 e. The van der Waals surface area contributed by atoms with E-state index in [1.165, 1.54) is 16.7 Å². The minimum atomic E-state index is -0.0196. The van der Waals surface area contributed by atoms with E-state index in [4.69, 9.17) is 17.0 Å². The minimum Gasteiger partial charge on any atom is -0.494 e. The molecule has 0 spiro atoms. The second kappa shape index (κ2) is 9.19. The second-order valence-corrected chi connectivity index (χ2v) is 6.72. The molecule has 1 atom stereocenters. The summed E-state index contributed by atoms with van der Waals surface area (Å²) in [5.74, 6) is 0.851. The number of rotatable bonds is 6. The van der Waals surface area contributed by atoms with E-state index in [0.717, 1.165) is 11.4 Å². The fraction of sp³-hybridized carbons (Fsp3) is 0.174. The molecule has 0 fully saturated rings. The van der Waals surface area contributed by atoms with Gasteiger partial charge in [0.25, 0.3) is 0 Å². The lowest BCUT2D eigenvalue weighted by Gasteiger charge is -2.22. The van der Waals surface area contributed by atoms with Gasteiger partial charge in [-0.1, -0.05) is 60.2 Å². The van der Waals surface area contributed by atoms with Gasteiger partial charge in [-0.3, -0.25) is 0 Å². The number of thiocarbonyl (C=S) groups is 1. The van der Waals surface area contributed by atoms with Crippen molar-refractivity contribution in [2.24, 2.45) is 0 Å². The molecule has 0 aliphatic heterocycles. The number of benzene rings is 3. The van der Waals surface area contributed by atoms with Crippen molar-refractivity contribution < 1.29 is 4.74 Å². The first-order valence-electron chi connectivity index (χ1n) is 9.07. The van der Waals surface area contributed by atoms with Gasteiger partial charge in [-0.2, -0.15) is 0 Å². The molecule has 0 bridgehead atoms. The van der Waals surface area contributed by atoms with Gasteiger partial charge in [-0.15, -0.1) is 0 Å². The Kier molecular flexibility index (Phi) is 6.44. The molecular weight excluding hydrogens is 352 g/mol. The van der Waals surface area contributed by atoms with Crippen molar-refractivity contribution >= 4 is 23.0 Å². The quantitative estimate of drug-likeness (QED) is 0.559. The van der Waals surface area contributed by atoms with Crippen LogP contribution < -0.4 is 15.4 Å². The van der Waals surface area contributed by atoms with Gasteiger partial charge >= 0.3 is 0 Å². The van der Waals surface area contributed by atoms with Crippen molar-refractivity contribution in [2.75, 3.05) is 11.9 Å². The Labute approximate surface area is 166 Å². The molecule has 0 aromatic heterocycles. The number of hydrogen-bond acceptors (Lipinski definition) is 2. The Morgan fingerprint density at radius 2 is 1.63 bits per heavy atom. The van der Waals surface area contributed by atoms with Gasteiger partial charge in [0.1, 0.15) is 5.75 Å². The Morgan fingerprint density at radius 3 is 2.30 bits per heavy atom. The summed E-state index contributed by atoms with van der Waals surface area (Å²) in [7, 11) is 0. The van der Waals surface area contributed by atoms with Crippen LogP contribution in [0.3, 0.4) is 0 Å². The monoisotopic (exact) mass is 376 g/mol. The first-order chi connectivity index (χ1) is 13.2. The highest BCUT2D eigenvalue weighted by atomic mass is 32.1. The van der Waals surface area contributed by atoms with E-state index in [1.54, 1.807) is 0 Å². The average molecular weight is 377 g/mol. The van der Waals surface area contributed by atoms with Crippen LogP contribution in [0.5, 0.6) is 5.75 Å². The highest BCUT2D eigenvalue weighted by molar-refractivity contribution is 7.80. The molecular formula is C23H24N2OS. The third-order valence-electron chi connectivity index (χ3n) is 4.21. The third kappa shape index (κ3) is 5.31. The van der Waals surface area contributed by atoms with Crippen molar-refractivity contribution in [1.29, 1.82) is 0 Å². The van der Waals surface area contributed by atoms with E-state index < -0.39 is 0 Å². The summed E-state index contributed by atoms with van der Waals surface area (Å²) >= 11 is 5.58. The number of nitrogens with one attached hydrogen (secondary N) is 2. The molecule has 0 aliphatic carbocycles. The number of anilines is 1. The van der Waals surface area contributed by atoms with Gasteiger partial charge in [0, 0.05) is 5.69 Å². The molecule has 0 saturated carbocycles. The molecule has 0 saturated heterocycles. The molecule has 2 N–H and O–H groups in total. The third-order valence-corrected chi connectivity index (χ3v) is 4.43. The number of hydrogen-bond donors (Lipinski definition) is 2. The summed E-state index contributed by atoms with van der Waals surface area (Å²) in [6.45, 7) is 4.73. The molecule has 3 aromatic rings. The average Bonchev–Trinajstić information content (AvgIpc) is 2.68. The molecule has 0 amide bonds. The topological polar surface area (TPSA) is 33.3 Å². The normalized spacial score (nSPS) is 11.5. The Bertz CT molecular complexity index is 878. The van der Waals surface area contributed by atoms with Crippen LogP contribution in [-0.2, 0) is 0 Å². The van der Waals surface area contributed by atoms with E-state index >= 15 is 0 Å². The zero-order chi connectivity index (χ0) is 19.1. The fourth-order valence-corrected chi connectivity index (χ4v) is 3.19. The molecule has 3 aromatic carbocycles. The van der Waals surface area contributed by atoms with E-state index in [0.29, 0.717) is 11.7 Å². The fourth-order valence-electron chi connectivity index (χ4n) is 2.95. The van der Waals surface area contributed by atoms with Crippen LogP contribution >= 0.6 is 12.2 Å². The Hall–Kier alpha value is -2.85. The van der Waals surface area contributed by atoms with Gasteiger partial charge < -0.3 is 15.4 Å². The van der Waals surface area contributed by atoms with Crippen molar-refractivity contribution in [3.63, 3.8) is 0 Å². The molecule has 0 radical (unpaired) electrons. The van der Waals surface area contributed by atoms with E-state index in [2.05, 4.69) is 54.0 Å². The predicted molar refractivity (Wildman–Crippen MR) is 116 cm³/mol. The summed E-state index contributed by atoms with van der Waals surface area (Å²) < 4.78 is 5.48. The maximum absolute atomic E-state index is 5.58. The molecule has 1 unspecified atom stereocenters. The lowest BCUT2D eigenvalue weighted by molar-refractivity contribution is 0.340. The number of aryl methyl sites for hydroxylation is 1. The molecule has 3 rings (SSSR count). The Balaban J connectivity index is 1.76. The molecule has 0 heterocycles. The molecule has 4 heteroatoms. The van der Waals surface area contributed by atoms with Gasteiger partial charge in [0.15, 0.2) is 5.11 Å². The molecule has 0 aliphatic rings. The summed E-state index contributed by atoms with van der Waals surface area (Å²) in [6, 6.07) is 26.6. The lowest BCUT2D eigenvalue weighted by atomic mass is 9.97. The van der Waals surface area contributed by atoms with E-state index in [1.807, 2.05) is 49.4 Å². The van der Waals surface area contributed by atoms with Crippen LogP contribution in [0, 0.1) is 6.92 Å². The highest BCUT2D eigenvalue weighted by Gasteiger charge is 2.15. The zero-order valence-electron chi connectivity index (χ0n) is 15.6. The molecule has 3 nitrogen and oxygen atoms in total. The summed E-state index contributed by atoms with van der Waals surface area (Å²) in [6.07, 6.45) is 0. The van der Waals surface area contributed by atoms with Crippen LogP contribution in [0.4, 0.5) is 5.69 Å². The van der Waals surface area contributed by atoms with Crippen LogP contribution in [0.25, 0.3) is 0 Å². The number of ether oxygens (including phenoxy) is 1. The summed E-state index contributed by atoms with van der Waals surface area (Å²) in [5.41, 5.74) is 4.49. The van der Waals surface area contributed by atoms with Crippen molar-refractivity contribution in [2.45, 2.75) is 19.9 Å². The minimum absolute atomic E-state index is 0.0196. The van der Waals surface area contributed by atoms with E-state index in [-0.39, 0.29) is 6.04 Å². The van der Waals surface area contributed by atoms with Gasteiger partial charge in [-0.05, 0) is 61.5 Å². The predicted octanol–water partition coefficient (Wildman–Crippen LogP) is 5.47. The van der Waals surface area contributed by atoms with Crippen molar-refractivity contribution in [3.8, 4) is 5.75 Å². The van der Waals surface area contributed by atoms with Gasteiger partial charge in [0.05, 0.1) is 12.6 Å². The second-order valence-electron chi connectivity index (χ2n) is 6.31. The SMILES string of the molecule is CCOc1ccc(NC(=S)NC(c2ccccc2)c2cccc(C)c2)cc1. The van der Waals surface area contributed by atoms with Crippen molar-refractivity contribution in [1.82, 2.24) is 5.32 Å². The maximum atomic E-state index is 5.58. The van der Waals surface area contributed by atoms with Crippen LogP contribution in [0.15, 0.2) is 78.9 Å². The first kappa shape index (κ1) is 18.9. The van der Waals surface area contributed by atoms with Crippen LogP contribution in [-0.4, -0.2) is 11.7 Å². The van der Waals surface area contributed by atoms with Gasteiger partial charge in [-0.25, -0.2) is 0 Å². The highest BCUT2D eigenvalue weighted by Crippen LogP contribution is 2.23. The standard InChI is InChI=1S/C23H24N2OS/c1-3-26-21-14-12-20(13-15-21)24-23(27)25-22(18-9-5-4-6-10-18)19-11-7-8-17(2)16-19/h4-16,22H,3H2,1-2H3,(H2,24,25,27). The summed E-state index contributed by atoms with van der Waals surface area (Å²) in [5, 5.41) is 7.29. The molecule has 138 valence electrons. The lowest BCUT2D eigenvalue weighted by Crippen LogP contribution is -2.33. The van der Waals surface area contributed by atoms with Gasteiger partial charge in [0.2, 0.25) is 0 Å². The van der Waals surface area contributed by atoms with E-state index in [9.17, 15) is 0 Å². The van der Waals surface area contributed by atoms with Crippen LogP contribution in [0.2, 0.25) is 0 Å². The zero-order valence-corrected chi connectivity index (χ0v) is 16.4. The summed E-state index contributed by atoms with van der Waals surface area (Å²) in [4.78, 5) is 0. The first-order valence-corrected chi connectivity index (χ1v) is 9.48.